The SMILES string of the molecule is COc1ccccc1-n1c(=O)n(CC(C)C)c(=O)c2c1ncn2Cc1cccc(C(F)(F)F)c1. The summed E-state index contributed by atoms with van der Waals surface area (Å²) in [6.45, 7) is 3.89. The number of benzene rings is 2. The van der Waals surface area contributed by atoms with Crippen molar-refractivity contribution in [3.8, 4) is 11.4 Å². The minimum atomic E-state index is -4.48. The van der Waals surface area contributed by atoms with Gasteiger partial charge in [0.25, 0.3) is 5.56 Å². The van der Waals surface area contributed by atoms with Gasteiger partial charge in [0.05, 0.1) is 24.7 Å². The van der Waals surface area contributed by atoms with Crippen LogP contribution in [0.1, 0.15) is 25.0 Å². The summed E-state index contributed by atoms with van der Waals surface area (Å²) < 4.78 is 48.8. The standard InChI is InChI=1S/C24H23F3N4O3/c1-15(2)12-30-22(32)20-21(31(23(30)33)18-9-4-5-10-19(18)34-3)28-14-29(20)13-16-7-6-8-17(11-16)24(25,26)27/h4-11,14-15H,12-13H2,1-3H3. The van der Waals surface area contributed by atoms with Crippen LogP contribution >= 0.6 is 0 Å². The Hall–Kier alpha value is -3.82. The first kappa shape index (κ1) is 23.3. The lowest BCUT2D eigenvalue weighted by Gasteiger charge is -2.16. The maximum atomic E-state index is 13.4. The van der Waals surface area contributed by atoms with Crippen LogP contribution in [0.5, 0.6) is 5.75 Å². The summed E-state index contributed by atoms with van der Waals surface area (Å²) in [6, 6.07) is 11.7. The molecule has 7 nitrogen and oxygen atoms in total. The van der Waals surface area contributed by atoms with Crippen molar-refractivity contribution in [2.45, 2.75) is 33.1 Å². The first-order valence-electron chi connectivity index (χ1n) is 10.6. The van der Waals surface area contributed by atoms with E-state index in [0.717, 1.165) is 16.7 Å². The van der Waals surface area contributed by atoms with Gasteiger partial charge in [0.1, 0.15) is 5.75 Å². The maximum absolute atomic E-state index is 13.4. The molecule has 4 aromatic rings. The highest BCUT2D eigenvalue weighted by atomic mass is 19.4. The molecule has 2 heterocycles. The lowest BCUT2D eigenvalue weighted by atomic mass is 10.1. The third-order valence-corrected chi connectivity index (χ3v) is 5.38. The summed E-state index contributed by atoms with van der Waals surface area (Å²) in [5, 5.41) is 0. The van der Waals surface area contributed by atoms with Crippen LogP contribution in [-0.2, 0) is 19.3 Å². The number of para-hydroxylation sites is 2. The molecule has 0 spiro atoms. The van der Waals surface area contributed by atoms with Gasteiger partial charge in [0, 0.05) is 13.1 Å². The second-order valence-electron chi connectivity index (χ2n) is 8.34. The number of aromatic nitrogens is 4. The molecule has 2 aromatic carbocycles. The average Bonchev–Trinajstić information content (AvgIpc) is 3.19. The zero-order valence-electron chi connectivity index (χ0n) is 18.8. The monoisotopic (exact) mass is 472 g/mol. The predicted molar refractivity (Wildman–Crippen MR) is 122 cm³/mol. The highest BCUT2D eigenvalue weighted by Gasteiger charge is 2.30. The highest BCUT2D eigenvalue weighted by Crippen LogP contribution is 2.30. The Morgan fingerprint density at radius 1 is 1.06 bits per heavy atom. The van der Waals surface area contributed by atoms with Crippen LogP contribution in [-0.4, -0.2) is 25.8 Å². The van der Waals surface area contributed by atoms with E-state index in [4.69, 9.17) is 4.74 Å². The van der Waals surface area contributed by atoms with Gasteiger partial charge in [-0.05, 0) is 35.7 Å². The topological polar surface area (TPSA) is 71.1 Å². The van der Waals surface area contributed by atoms with Crippen molar-refractivity contribution in [1.29, 1.82) is 0 Å². The van der Waals surface area contributed by atoms with Crippen LogP contribution < -0.4 is 16.0 Å². The van der Waals surface area contributed by atoms with Gasteiger partial charge in [-0.2, -0.15) is 13.2 Å². The van der Waals surface area contributed by atoms with Crippen molar-refractivity contribution in [1.82, 2.24) is 18.7 Å². The summed E-state index contributed by atoms with van der Waals surface area (Å²) in [4.78, 5) is 31.1. The number of rotatable bonds is 6. The van der Waals surface area contributed by atoms with E-state index in [1.54, 1.807) is 30.3 Å². The molecule has 0 N–H and O–H groups in total. The van der Waals surface area contributed by atoms with Gasteiger partial charge < -0.3 is 9.30 Å². The van der Waals surface area contributed by atoms with Crippen molar-refractivity contribution >= 4 is 11.2 Å². The number of alkyl halides is 3. The molecule has 0 aliphatic carbocycles. The largest absolute Gasteiger partial charge is 0.495 e. The molecule has 0 unspecified atom stereocenters. The Bertz CT molecular complexity index is 1470. The lowest BCUT2D eigenvalue weighted by molar-refractivity contribution is -0.137. The van der Waals surface area contributed by atoms with Gasteiger partial charge in [-0.3, -0.25) is 9.36 Å². The zero-order valence-corrected chi connectivity index (χ0v) is 18.8. The molecule has 178 valence electrons. The predicted octanol–water partition coefficient (Wildman–Crippen LogP) is 4.08. The van der Waals surface area contributed by atoms with E-state index in [0.29, 0.717) is 17.0 Å². The van der Waals surface area contributed by atoms with E-state index in [2.05, 4.69) is 4.98 Å². The van der Waals surface area contributed by atoms with Crippen molar-refractivity contribution in [3.05, 3.63) is 86.8 Å². The van der Waals surface area contributed by atoms with E-state index in [9.17, 15) is 22.8 Å². The molecule has 10 heteroatoms. The number of halogens is 3. The van der Waals surface area contributed by atoms with Crippen molar-refractivity contribution < 1.29 is 17.9 Å². The quantitative estimate of drug-likeness (QED) is 0.424. The maximum Gasteiger partial charge on any atom is 0.416 e. The van der Waals surface area contributed by atoms with Crippen LogP contribution in [0.4, 0.5) is 13.2 Å². The molecule has 2 aromatic heterocycles. The van der Waals surface area contributed by atoms with Gasteiger partial charge in [-0.15, -0.1) is 0 Å². The fourth-order valence-electron chi connectivity index (χ4n) is 3.90. The average molecular weight is 472 g/mol. The Balaban J connectivity index is 1.97. The molecule has 4 rings (SSSR count). The number of fused-ring (bicyclic) bond motifs is 1. The third kappa shape index (κ3) is 4.23. The number of methoxy groups -OCH3 is 1. The minimum Gasteiger partial charge on any atom is -0.495 e. The number of imidazole rings is 1. The molecular weight excluding hydrogens is 449 g/mol. The fourth-order valence-corrected chi connectivity index (χ4v) is 3.90. The molecule has 0 aliphatic rings. The van der Waals surface area contributed by atoms with Gasteiger partial charge in [0.2, 0.25) is 0 Å². The molecule has 0 aliphatic heterocycles. The van der Waals surface area contributed by atoms with Crippen LogP contribution in [0.25, 0.3) is 16.9 Å². The second-order valence-corrected chi connectivity index (χ2v) is 8.34. The van der Waals surface area contributed by atoms with Crippen LogP contribution in [0.3, 0.4) is 0 Å². The van der Waals surface area contributed by atoms with Crippen LogP contribution in [0.15, 0.2) is 64.4 Å². The molecule has 0 saturated heterocycles. The zero-order chi connectivity index (χ0) is 24.6. The van der Waals surface area contributed by atoms with Gasteiger partial charge in [-0.25, -0.2) is 14.3 Å². The molecule has 34 heavy (non-hydrogen) atoms. The molecule has 0 fully saturated rings. The molecular formula is C24H23F3N4O3. The Labute approximate surface area is 192 Å². The summed E-state index contributed by atoms with van der Waals surface area (Å²) in [5.74, 6) is 0.405. The molecule has 0 amide bonds. The summed E-state index contributed by atoms with van der Waals surface area (Å²) in [7, 11) is 1.47. The molecule has 0 saturated carbocycles. The molecule has 0 radical (unpaired) electrons. The highest BCUT2D eigenvalue weighted by molar-refractivity contribution is 5.73. The van der Waals surface area contributed by atoms with Crippen LogP contribution in [0.2, 0.25) is 0 Å². The number of hydrogen-bond donors (Lipinski definition) is 0. The smallest absolute Gasteiger partial charge is 0.416 e. The lowest BCUT2D eigenvalue weighted by Crippen LogP contribution is -2.41. The van der Waals surface area contributed by atoms with Crippen LogP contribution in [0, 0.1) is 5.92 Å². The minimum absolute atomic E-state index is 0.00573. The molecule has 0 bridgehead atoms. The number of ether oxygens (including phenoxy) is 1. The van der Waals surface area contributed by atoms with E-state index < -0.39 is 23.0 Å². The Morgan fingerprint density at radius 3 is 2.47 bits per heavy atom. The number of nitrogens with zero attached hydrogens (tertiary/aromatic N) is 4. The normalized spacial score (nSPS) is 12.0. The van der Waals surface area contributed by atoms with E-state index in [1.165, 1.54) is 28.6 Å². The van der Waals surface area contributed by atoms with Gasteiger partial charge >= 0.3 is 11.9 Å². The van der Waals surface area contributed by atoms with E-state index in [-0.39, 0.29) is 30.2 Å². The van der Waals surface area contributed by atoms with E-state index >= 15 is 0 Å². The first-order chi connectivity index (χ1) is 16.1. The summed E-state index contributed by atoms with van der Waals surface area (Å²) >= 11 is 0. The Morgan fingerprint density at radius 2 is 1.79 bits per heavy atom. The third-order valence-electron chi connectivity index (χ3n) is 5.38. The second kappa shape index (κ2) is 8.85. The van der Waals surface area contributed by atoms with Crippen molar-refractivity contribution in [2.24, 2.45) is 5.92 Å². The van der Waals surface area contributed by atoms with Gasteiger partial charge in [-0.1, -0.05) is 38.1 Å². The first-order valence-corrected chi connectivity index (χ1v) is 10.6. The van der Waals surface area contributed by atoms with E-state index in [1.807, 2.05) is 13.8 Å². The Kier molecular flexibility index (Phi) is 6.07. The van der Waals surface area contributed by atoms with Crippen molar-refractivity contribution in [3.63, 3.8) is 0 Å². The number of hydrogen-bond acceptors (Lipinski definition) is 4. The summed E-state index contributed by atoms with van der Waals surface area (Å²) in [6.07, 6.45) is -3.13. The van der Waals surface area contributed by atoms with Crippen molar-refractivity contribution in [2.75, 3.05) is 7.11 Å². The summed E-state index contributed by atoms with van der Waals surface area (Å²) in [5.41, 5.74) is -0.933. The van der Waals surface area contributed by atoms with Gasteiger partial charge in [0.15, 0.2) is 11.2 Å². The fraction of sp³-hybridized carbons (Fsp3) is 0.292. The molecule has 0 atom stereocenters.